The van der Waals surface area contributed by atoms with E-state index in [-0.39, 0.29) is 17.2 Å². The number of halogens is 6. The van der Waals surface area contributed by atoms with E-state index in [4.69, 9.17) is 0 Å². The second kappa shape index (κ2) is 8.56. The Labute approximate surface area is 183 Å². The van der Waals surface area contributed by atoms with Crippen LogP contribution in [-0.2, 0) is 6.18 Å². The number of pyridine rings is 1. The highest BCUT2D eigenvalue weighted by Crippen LogP contribution is 2.36. The van der Waals surface area contributed by atoms with Crippen LogP contribution in [0.5, 0.6) is 5.75 Å². The second-order valence-electron chi connectivity index (χ2n) is 7.72. The maximum Gasteiger partial charge on any atom is 0.573 e. The summed E-state index contributed by atoms with van der Waals surface area (Å²) in [5.41, 5.74) is -2.05. The molecule has 4 rings (SSSR count). The SMILES string of the molecule is O=C(Nc1cc2cn(C3CCCCC3)nc2cc1OC(F)(F)F)c1cccc(C(F)(F)F)n1. The summed E-state index contributed by atoms with van der Waals surface area (Å²) < 4.78 is 83.3. The maximum absolute atomic E-state index is 13.0. The Kier molecular flexibility index (Phi) is 5.93. The first-order chi connectivity index (χ1) is 15.5. The zero-order valence-corrected chi connectivity index (χ0v) is 17.0. The van der Waals surface area contributed by atoms with Crippen molar-refractivity contribution in [2.75, 3.05) is 5.32 Å². The topological polar surface area (TPSA) is 69.0 Å². The van der Waals surface area contributed by atoms with Gasteiger partial charge in [0.1, 0.15) is 11.4 Å². The van der Waals surface area contributed by atoms with Crippen molar-refractivity contribution in [3.8, 4) is 5.75 Å². The fourth-order valence-electron chi connectivity index (χ4n) is 3.82. The quantitative estimate of drug-likeness (QED) is 0.466. The van der Waals surface area contributed by atoms with Crippen LogP contribution in [0.3, 0.4) is 0 Å². The summed E-state index contributed by atoms with van der Waals surface area (Å²) in [5.74, 6) is -1.85. The van der Waals surface area contributed by atoms with Gasteiger partial charge in [0, 0.05) is 17.6 Å². The predicted octanol–water partition coefficient (Wildman–Crippen LogP) is 6.11. The number of carbonyl (C=O) groups excluding carboxylic acids is 1. The number of alkyl halides is 6. The fourth-order valence-corrected chi connectivity index (χ4v) is 3.82. The largest absolute Gasteiger partial charge is 0.573 e. The predicted molar refractivity (Wildman–Crippen MR) is 106 cm³/mol. The summed E-state index contributed by atoms with van der Waals surface area (Å²) in [6.07, 6.45) is -3.24. The number of hydrogen-bond acceptors (Lipinski definition) is 4. The second-order valence-corrected chi connectivity index (χ2v) is 7.72. The van der Waals surface area contributed by atoms with Crippen molar-refractivity contribution in [2.24, 2.45) is 0 Å². The summed E-state index contributed by atoms with van der Waals surface area (Å²) >= 11 is 0. The van der Waals surface area contributed by atoms with Gasteiger partial charge in [0.05, 0.1) is 17.2 Å². The Hall–Kier alpha value is -3.31. The lowest BCUT2D eigenvalue weighted by Gasteiger charge is -2.21. The Balaban J connectivity index is 1.68. The minimum absolute atomic E-state index is 0.116. The molecule has 0 aliphatic heterocycles. The molecule has 1 fully saturated rings. The van der Waals surface area contributed by atoms with E-state index in [0.29, 0.717) is 11.5 Å². The lowest BCUT2D eigenvalue weighted by molar-refractivity contribution is -0.274. The van der Waals surface area contributed by atoms with Gasteiger partial charge in [0.15, 0.2) is 5.75 Å². The summed E-state index contributed by atoms with van der Waals surface area (Å²) in [7, 11) is 0. The van der Waals surface area contributed by atoms with Crippen LogP contribution < -0.4 is 10.1 Å². The van der Waals surface area contributed by atoms with E-state index >= 15 is 0 Å². The number of carbonyl (C=O) groups is 1. The van der Waals surface area contributed by atoms with Gasteiger partial charge in [0.25, 0.3) is 5.91 Å². The fraction of sp³-hybridized carbons (Fsp3) is 0.381. The molecule has 0 atom stereocenters. The minimum Gasteiger partial charge on any atom is -0.403 e. The third kappa shape index (κ3) is 5.37. The Bertz CT molecular complexity index is 1170. The average molecular weight is 472 g/mol. The van der Waals surface area contributed by atoms with Gasteiger partial charge in [0.2, 0.25) is 0 Å². The Morgan fingerprint density at radius 3 is 2.45 bits per heavy atom. The summed E-state index contributed by atoms with van der Waals surface area (Å²) in [5, 5.41) is 6.99. The molecule has 33 heavy (non-hydrogen) atoms. The Morgan fingerprint density at radius 2 is 1.79 bits per heavy atom. The third-order valence-electron chi connectivity index (χ3n) is 5.32. The van der Waals surface area contributed by atoms with Gasteiger partial charge in [-0.25, -0.2) is 4.98 Å². The first-order valence-electron chi connectivity index (χ1n) is 10.1. The van der Waals surface area contributed by atoms with Crippen molar-refractivity contribution >= 4 is 22.5 Å². The number of benzene rings is 1. The zero-order valence-electron chi connectivity index (χ0n) is 17.0. The normalized spacial score (nSPS) is 15.6. The van der Waals surface area contributed by atoms with Gasteiger partial charge >= 0.3 is 12.5 Å². The van der Waals surface area contributed by atoms with Crippen molar-refractivity contribution in [2.45, 2.75) is 50.7 Å². The third-order valence-corrected chi connectivity index (χ3v) is 5.32. The highest BCUT2D eigenvalue weighted by Gasteiger charge is 2.34. The lowest BCUT2D eigenvalue weighted by atomic mass is 9.96. The molecular weight excluding hydrogens is 454 g/mol. The van der Waals surface area contributed by atoms with Crippen molar-refractivity contribution in [1.29, 1.82) is 0 Å². The first kappa shape index (κ1) is 22.9. The number of nitrogens with zero attached hydrogens (tertiary/aromatic N) is 3. The minimum atomic E-state index is -5.06. The summed E-state index contributed by atoms with van der Waals surface area (Å²) in [6.45, 7) is 0. The van der Waals surface area contributed by atoms with E-state index in [9.17, 15) is 31.1 Å². The van der Waals surface area contributed by atoms with Gasteiger partial charge in [-0.3, -0.25) is 9.48 Å². The van der Waals surface area contributed by atoms with Crippen LogP contribution in [0.15, 0.2) is 36.5 Å². The monoisotopic (exact) mass is 472 g/mol. The highest BCUT2D eigenvalue weighted by atomic mass is 19.4. The molecule has 12 heteroatoms. The molecular formula is C21H18F6N4O2. The maximum atomic E-state index is 13.0. The number of aromatic nitrogens is 3. The van der Waals surface area contributed by atoms with Gasteiger partial charge in [-0.2, -0.15) is 18.3 Å². The molecule has 0 unspecified atom stereocenters. The number of nitrogens with one attached hydrogen (secondary N) is 1. The molecule has 176 valence electrons. The Morgan fingerprint density at radius 1 is 1.06 bits per heavy atom. The molecule has 6 nitrogen and oxygen atoms in total. The van der Waals surface area contributed by atoms with E-state index in [1.807, 2.05) is 0 Å². The number of ether oxygens (including phenoxy) is 1. The number of hydrogen-bond donors (Lipinski definition) is 1. The van der Waals surface area contributed by atoms with Crippen LogP contribution in [0.4, 0.5) is 32.0 Å². The molecule has 1 N–H and O–H groups in total. The van der Waals surface area contributed by atoms with E-state index in [1.54, 1.807) is 10.9 Å². The van der Waals surface area contributed by atoms with Crippen LogP contribution in [0.25, 0.3) is 10.9 Å². The van der Waals surface area contributed by atoms with Gasteiger partial charge < -0.3 is 10.1 Å². The molecule has 1 aliphatic carbocycles. The standard InChI is InChI=1S/C21H18F6N4O2/c22-20(23,24)18-8-4-7-14(28-18)19(32)29-16-9-12-11-31(13-5-2-1-3-6-13)30-15(12)10-17(16)33-21(25,26)27/h4,7-11,13H,1-3,5-6H2,(H,29,32). The molecule has 3 aromatic rings. The van der Waals surface area contributed by atoms with Crippen LogP contribution in [0.1, 0.15) is 54.3 Å². The van der Waals surface area contributed by atoms with Gasteiger partial charge in [-0.15, -0.1) is 13.2 Å². The molecule has 0 spiro atoms. The van der Waals surface area contributed by atoms with E-state index in [1.165, 1.54) is 6.07 Å². The number of amides is 1. The number of rotatable bonds is 4. The van der Waals surface area contributed by atoms with E-state index < -0.39 is 35.6 Å². The smallest absolute Gasteiger partial charge is 0.403 e. The van der Waals surface area contributed by atoms with E-state index in [2.05, 4.69) is 20.1 Å². The molecule has 2 aromatic heterocycles. The van der Waals surface area contributed by atoms with Crippen LogP contribution in [0, 0.1) is 0 Å². The van der Waals surface area contributed by atoms with Gasteiger partial charge in [-0.05, 0) is 31.0 Å². The van der Waals surface area contributed by atoms with Crippen LogP contribution >= 0.6 is 0 Å². The zero-order chi connectivity index (χ0) is 23.8. The van der Waals surface area contributed by atoms with E-state index in [0.717, 1.165) is 50.3 Å². The van der Waals surface area contributed by atoms with Gasteiger partial charge in [-0.1, -0.05) is 25.3 Å². The lowest BCUT2D eigenvalue weighted by Crippen LogP contribution is -2.20. The molecule has 1 saturated carbocycles. The van der Waals surface area contributed by atoms with Crippen LogP contribution in [0.2, 0.25) is 0 Å². The summed E-state index contributed by atoms with van der Waals surface area (Å²) in [6, 6.07) is 5.08. The summed E-state index contributed by atoms with van der Waals surface area (Å²) in [4.78, 5) is 15.8. The first-order valence-corrected chi connectivity index (χ1v) is 10.1. The molecule has 0 saturated heterocycles. The van der Waals surface area contributed by atoms with Crippen molar-refractivity contribution in [1.82, 2.24) is 14.8 Å². The van der Waals surface area contributed by atoms with Crippen molar-refractivity contribution in [3.63, 3.8) is 0 Å². The average Bonchev–Trinajstić information content (AvgIpc) is 3.16. The molecule has 0 radical (unpaired) electrons. The molecule has 2 heterocycles. The van der Waals surface area contributed by atoms with Crippen molar-refractivity contribution < 1.29 is 35.9 Å². The number of anilines is 1. The van der Waals surface area contributed by atoms with Crippen LogP contribution in [-0.4, -0.2) is 27.0 Å². The molecule has 0 bridgehead atoms. The highest BCUT2D eigenvalue weighted by molar-refractivity contribution is 6.05. The molecule has 1 aliphatic rings. The molecule has 1 aromatic carbocycles. The molecule has 1 amide bonds. The van der Waals surface area contributed by atoms with Crippen molar-refractivity contribution in [3.05, 3.63) is 47.9 Å². The number of fused-ring (bicyclic) bond motifs is 1.